The quantitative estimate of drug-likeness (QED) is 0.781. The van der Waals surface area contributed by atoms with Crippen molar-refractivity contribution in [3.8, 4) is 0 Å². The molecule has 4 nitrogen and oxygen atoms in total. The SMILES string of the molecule is CC(CN)CC(=O)NC(CN(C)C)c1ccccc1. The lowest BCUT2D eigenvalue weighted by Gasteiger charge is -2.23. The highest BCUT2D eigenvalue weighted by molar-refractivity contribution is 5.76. The van der Waals surface area contributed by atoms with Gasteiger partial charge >= 0.3 is 0 Å². The summed E-state index contributed by atoms with van der Waals surface area (Å²) >= 11 is 0. The number of nitrogens with one attached hydrogen (secondary N) is 1. The van der Waals surface area contributed by atoms with Crippen molar-refractivity contribution in [3.63, 3.8) is 0 Å². The van der Waals surface area contributed by atoms with Gasteiger partial charge in [-0.1, -0.05) is 37.3 Å². The zero-order chi connectivity index (χ0) is 14.3. The van der Waals surface area contributed by atoms with Crippen LogP contribution in [0.15, 0.2) is 30.3 Å². The molecule has 0 saturated heterocycles. The second-order valence-electron chi connectivity index (χ2n) is 5.34. The normalized spacial score (nSPS) is 14.2. The van der Waals surface area contributed by atoms with Crippen LogP contribution in [-0.4, -0.2) is 38.0 Å². The van der Waals surface area contributed by atoms with E-state index in [1.165, 1.54) is 0 Å². The first kappa shape index (κ1) is 15.7. The fraction of sp³-hybridized carbons (Fsp3) is 0.533. The fourth-order valence-corrected chi connectivity index (χ4v) is 1.94. The lowest BCUT2D eigenvalue weighted by Crippen LogP contribution is -2.36. The average Bonchev–Trinajstić information content (AvgIpc) is 2.38. The van der Waals surface area contributed by atoms with Crippen LogP contribution < -0.4 is 11.1 Å². The molecule has 1 aromatic carbocycles. The van der Waals surface area contributed by atoms with Crippen LogP contribution >= 0.6 is 0 Å². The number of hydrogen-bond donors (Lipinski definition) is 2. The van der Waals surface area contributed by atoms with E-state index in [1.807, 2.05) is 51.4 Å². The van der Waals surface area contributed by atoms with Crippen LogP contribution in [0.1, 0.15) is 24.9 Å². The molecule has 0 saturated carbocycles. The number of benzene rings is 1. The molecule has 1 rings (SSSR count). The van der Waals surface area contributed by atoms with E-state index in [1.54, 1.807) is 0 Å². The maximum atomic E-state index is 12.0. The van der Waals surface area contributed by atoms with Gasteiger partial charge < -0.3 is 16.0 Å². The molecule has 0 radical (unpaired) electrons. The van der Waals surface area contributed by atoms with Crippen LogP contribution in [0.3, 0.4) is 0 Å². The summed E-state index contributed by atoms with van der Waals surface area (Å²) in [6.07, 6.45) is 0.479. The predicted octanol–water partition coefficient (Wildman–Crippen LogP) is 1.39. The van der Waals surface area contributed by atoms with Crippen molar-refractivity contribution in [1.29, 1.82) is 0 Å². The van der Waals surface area contributed by atoms with Crippen LogP contribution in [0, 0.1) is 5.92 Å². The molecule has 0 fully saturated rings. The first-order chi connectivity index (χ1) is 9.02. The summed E-state index contributed by atoms with van der Waals surface area (Å²) in [5.41, 5.74) is 6.68. The zero-order valence-corrected chi connectivity index (χ0v) is 12.1. The third kappa shape index (κ3) is 5.85. The van der Waals surface area contributed by atoms with Gasteiger partial charge in [0.1, 0.15) is 0 Å². The Kier molecular flexibility index (Phi) is 6.53. The van der Waals surface area contributed by atoms with E-state index in [2.05, 4.69) is 10.2 Å². The lowest BCUT2D eigenvalue weighted by molar-refractivity contribution is -0.122. The number of likely N-dealkylation sites (N-methyl/N-ethyl adjacent to an activating group) is 1. The van der Waals surface area contributed by atoms with E-state index in [9.17, 15) is 4.79 Å². The number of amides is 1. The summed E-state index contributed by atoms with van der Waals surface area (Å²) in [6, 6.07) is 10.1. The molecule has 1 amide bonds. The summed E-state index contributed by atoms with van der Waals surface area (Å²) in [5.74, 6) is 0.282. The highest BCUT2D eigenvalue weighted by Crippen LogP contribution is 2.14. The van der Waals surface area contributed by atoms with E-state index in [-0.39, 0.29) is 17.9 Å². The minimum Gasteiger partial charge on any atom is -0.348 e. The molecule has 0 aliphatic heterocycles. The molecule has 0 aromatic heterocycles. The average molecular weight is 263 g/mol. The van der Waals surface area contributed by atoms with Crippen LogP contribution in [0.25, 0.3) is 0 Å². The molecule has 106 valence electrons. The van der Waals surface area contributed by atoms with Crippen molar-refractivity contribution >= 4 is 5.91 Å². The predicted molar refractivity (Wildman–Crippen MR) is 78.7 cm³/mol. The molecule has 0 aliphatic carbocycles. The van der Waals surface area contributed by atoms with Crippen molar-refractivity contribution < 1.29 is 4.79 Å². The summed E-state index contributed by atoms with van der Waals surface area (Å²) in [5, 5.41) is 3.09. The van der Waals surface area contributed by atoms with E-state index in [0.717, 1.165) is 12.1 Å². The second-order valence-corrected chi connectivity index (χ2v) is 5.34. The molecule has 19 heavy (non-hydrogen) atoms. The Morgan fingerprint density at radius 1 is 1.32 bits per heavy atom. The van der Waals surface area contributed by atoms with Crippen molar-refractivity contribution in [3.05, 3.63) is 35.9 Å². The number of nitrogens with zero attached hydrogens (tertiary/aromatic N) is 1. The molecule has 0 aliphatic rings. The van der Waals surface area contributed by atoms with Crippen molar-refractivity contribution in [2.75, 3.05) is 27.2 Å². The highest BCUT2D eigenvalue weighted by Gasteiger charge is 2.16. The smallest absolute Gasteiger partial charge is 0.220 e. The Bertz CT molecular complexity index is 378. The van der Waals surface area contributed by atoms with E-state index in [0.29, 0.717) is 13.0 Å². The van der Waals surface area contributed by atoms with Gasteiger partial charge in [-0.15, -0.1) is 0 Å². The van der Waals surface area contributed by atoms with Crippen molar-refractivity contribution in [2.24, 2.45) is 11.7 Å². The Balaban J connectivity index is 2.68. The minimum atomic E-state index is 0.0219. The second kappa shape index (κ2) is 7.92. The molecule has 3 N–H and O–H groups in total. The van der Waals surface area contributed by atoms with Gasteiger partial charge in [-0.25, -0.2) is 0 Å². The monoisotopic (exact) mass is 263 g/mol. The Labute approximate surface area is 116 Å². The van der Waals surface area contributed by atoms with Crippen LogP contribution in [0.2, 0.25) is 0 Å². The molecule has 1 aromatic rings. The minimum absolute atomic E-state index is 0.0219. The van der Waals surface area contributed by atoms with Crippen LogP contribution in [-0.2, 0) is 4.79 Å². The van der Waals surface area contributed by atoms with Crippen LogP contribution in [0.4, 0.5) is 0 Å². The van der Waals surface area contributed by atoms with Gasteiger partial charge in [0.2, 0.25) is 5.91 Å². The largest absolute Gasteiger partial charge is 0.348 e. The Morgan fingerprint density at radius 3 is 2.47 bits per heavy atom. The van der Waals surface area contributed by atoms with Crippen molar-refractivity contribution in [2.45, 2.75) is 19.4 Å². The van der Waals surface area contributed by atoms with Gasteiger partial charge in [-0.2, -0.15) is 0 Å². The molecular formula is C15H25N3O. The Morgan fingerprint density at radius 2 is 1.95 bits per heavy atom. The summed E-state index contributed by atoms with van der Waals surface area (Å²) in [7, 11) is 4.01. The molecule has 4 heteroatoms. The maximum absolute atomic E-state index is 12.0. The molecule has 0 heterocycles. The van der Waals surface area contributed by atoms with E-state index in [4.69, 9.17) is 5.73 Å². The fourth-order valence-electron chi connectivity index (χ4n) is 1.94. The first-order valence-corrected chi connectivity index (χ1v) is 6.72. The topological polar surface area (TPSA) is 58.4 Å². The molecule has 2 atom stereocenters. The zero-order valence-electron chi connectivity index (χ0n) is 12.1. The number of rotatable bonds is 7. The number of nitrogens with two attached hydrogens (primary N) is 1. The van der Waals surface area contributed by atoms with Gasteiger partial charge in [0.05, 0.1) is 6.04 Å². The standard InChI is InChI=1S/C15H25N3O/c1-12(10-16)9-15(19)17-14(11-18(2)3)13-7-5-4-6-8-13/h4-8,12,14H,9-11,16H2,1-3H3,(H,17,19). The van der Waals surface area contributed by atoms with E-state index >= 15 is 0 Å². The number of carbonyl (C=O) groups is 1. The van der Waals surface area contributed by atoms with Gasteiger partial charge in [-0.05, 0) is 32.1 Å². The van der Waals surface area contributed by atoms with Gasteiger partial charge in [0.15, 0.2) is 0 Å². The van der Waals surface area contributed by atoms with Crippen molar-refractivity contribution in [1.82, 2.24) is 10.2 Å². The third-order valence-corrected chi connectivity index (χ3v) is 3.02. The van der Waals surface area contributed by atoms with Gasteiger partial charge in [0.25, 0.3) is 0 Å². The highest BCUT2D eigenvalue weighted by atomic mass is 16.1. The van der Waals surface area contributed by atoms with Gasteiger partial charge in [0, 0.05) is 13.0 Å². The Hall–Kier alpha value is -1.39. The molecule has 2 unspecified atom stereocenters. The lowest BCUT2D eigenvalue weighted by atomic mass is 10.0. The first-order valence-electron chi connectivity index (χ1n) is 6.72. The van der Waals surface area contributed by atoms with E-state index < -0.39 is 0 Å². The molecular weight excluding hydrogens is 238 g/mol. The van der Waals surface area contributed by atoms with Gasteiger partial charge in [-0.3, -0.25) is 4.79 Å². The van der Waals surface area contributed by atoms with Crippen LogP contribution in [0.5, 0.6) is 0 Å². The molecule has 0 bridgehead atoms. The summed E-state index contributed by atoms with van der Waals surface area (Å²) in [4.78, 5) is 14.1. The number of hydrogen-bond acceptors (Lipinski definition) is 3. The maximum Gasteiger partial charge on any atom is 0.220 e. The number of carbonyl (C=O) groups excluding carboxylic acids is 1. The summed E-state index contributed by atoms with van der Waals surface area (Å²) in [6.45, 7) is 3.31. The summed E-state index contributed by atoms with van der Waals surface area (Å²) < 4.78 is 0. The molecule has 0 spiro atoms. The third-order valence-electron chi connectivity index (χ3n) is 3.02.